The summed E-state index contributed by atoms with van der Waals surface area (Å²) in [5, 5.41) is 0. The van der Waals surface area contributed by atoms with Crippen LogP contribution in [0.3, 0.4) is 0 Å². The van der Waals surface area contributed by atoms with E-state index >= 15 is 0 Å². The lowest BCUT2D eigenvalue weighted by atomic mass is 9.69. The lowest BCUT2D eigenvalue weighted by molar-refractivity contribution is -0.168. The summed E-state index contributed by atoms with van der Waals surface area (Å²) in [5.74, 6) is -0.497. The lowest BCUT2D eigenvalue weighted by Crippen LogP contribution is -2.45. The summed E-state index contributed by atoms with van der Waals surface area (Å²) >= 11 is 0.666. The fourth-order valence-corrected chi connectivity index (χ4v) is 5.31. The highest BCUT2D eigenvalue weighted by atomic mass is 32.2. The highest BCUT2D eigenvalue weighted by Gasteiger charge is 2.63. The van der Waals surface area contributed by atoms with E-state index in [9.17, 15) is 14.4 Å². The minimum atomic E-state index is -0.595. The highest BCUT2D eigenvalue weighted by Crippen LogP contribution is 2.59. The Kier molecular flexibility index (Phi) is 5.99. The molecule has 2 amide bonds. The number of carbonyl (C=O) groups is 3. The molecule has 158 valence electrons. The minimum Gasteiger partial charge on any atom is -0.460 e. The molecule has 7 atom stereocenters. The van der Waals surface area contributed by atoms with Crippen molar-refractivity contribution >= 4 is 30.0 Å². The smallest absolute Gasteiger partial charge is 0.310 e. The van der Waals surface area contributed by atoms with Gasteiger partial charge in [0.2, 0.25) is 5.91 Å². The Morgan fingerprint density at radius 1 is 1.07 bits per heavy atom. The van der Waals surface area contributed by atoms with Gasteiger partial charge in [0.25, 0.3) is 5.91 Å². The second-order valence-corrected chi connectivity index (χ2v) is 9.66. The van der Waals surface area contributed by atoms with Crippen LogP contribution in [0.15, 0.2) is 0 Å². The molecule has 1 saturated heterocycles. The zero-order chi connectivity index (χ0) is 20.8. The number of fused-ring (bicyclic) bond motifs is 2. The lowest BCUT2D eigenvalue weighted by Gasteiger charge is -2.37. The van der Waals surface area contributed by atoms with Crippen LogP contribution in [0.4, 0.5) is 0 Å². The van der Waals surface area contributed by atoms with Crippen LogP contribution in [-0.2, 0) is 28.3 Å². The number of rotatable bonds is 6. The van der Waals surface area contributed by atoms with Gasteiger partial charge in [-0.25, -0.2) is 4.89 Å². The molecule has 0 aromatic heterocycles. The van der Waals surface area contributed by atoms with Crippen LogP contribution in [-0.4, -0.2) is 48.0 Å². The van der Waals surface area contributed by atoms with E-state index in [0.29, 0.717) is 30.6 Å². The molecule has 1 N–H and O–H groups in total. The predicted octanol–water partition coefficient (Wildman–Crippen LogP) is 1.95. The van der Waals surface area contributed by atoms with Crippen LogP contribution in [0.5, 0.6) is 0 Å². The summed E-state index contributed by atoms with van der Waals surface area (Å²) in [5.41, 5.74) is -0.595. The van der Waals surface area contributed by atoms with Crippen molar-refractivity contribution in [3.05, 3.63) is 0 Å². The van der Waals surface area contributed by atoms with Gasteiger partial charge in [0.05, 0.1) is 25.5 Å². The van der Waals surface area contributed by atoms with Crippen molar-refractivity contribution < 1.29 is 28.3 Å². The maximum atomic E-state index is 13.3. The third kappa shape index (κ3) is 4.02. The summed E-state index contributed by atoms with van der Waals surface area (Å²) < 4.78 is 12.7. The summed E-state index contributed by atoms with van der Waals surface area (Å²) in [4.78, 5) is 44.3. The van der Waals surface area contributed by atoms with Crippen molar-refractivity contribution in [3.63, 3.8) is 0 Å². The standard InChI is InChI=1S/C19H30N2O6S/c1-9-10(2)12-7-11(9)14(15(12)18(24)26-19(3,4)5)17(23)21-8-13(21)16(22)20-28-27-25-6/h9-15H,7-8H2,1-6H3,(H,20,22). The number of nitrogens with zero attached hydrogens (tertiary/aromatic N) is 1. The summed E-state index contributed by atoms with van der Waals surface area (Å²) in [6, 6.07) is -0.522. The van der Waals surface area contributed by atoms with Gasteiger partial charge in [-0.2, -0.15) is 0 Å². The summed E-state index contributed by atoms with van der Waals surface area (Å²) in [6.45, 7) is 10.2. The van der Waals surface area contributed by atoms with E-state index in [1.807, 2.05) is 20.8 Å². The second-order valence-electron chi connectivity index (χ2n) is 9.16. The first-order valence-electron chi connectivity index (χ1n) is 9.76. The van der Waals surface area contributed by atoms with Crippen LogP contribution < -0.4 is 4.72 Å². The SMILES string of the molecule is COOSNC(=O)C1CN1C(=O)C1C2CC(C(C)C2C)C1C(=O)OC(C)(C)C. The van der Waals surface area contributed by atoms with E-state index in [-0.39, 0.29) is 29.6 Å². The van der Waals surface area contributed by atoms with Crippen molar-refractivity contribution in [1.82, 2.24) is 9.62 Å². The summed E-state index contributed by atoms with van der Waals surface area (Å²) in [6.07, 6.45) is 0.866. The van der Waals surface area contributed by atoms with Gasteiger partial charge in [0, 0.05) is 0 Å². The van der Waals surface area contributed by atoms with Crippen molar-refractivity contribution in [2.75, 3.05) is 13.7 Å². The van der Waals surface area contributed by atoms with Crippen molar-refractivity contribution in [2.24, 2.45) is 35.5 Å². The van der Waals surface area contributed by atoms with E-state index in [1.54, 1.807) is 4.90 Å². The maximum absolute atomic E-state index is 13.3. The molecular formula is C19H30N2O6S. The van der Waals surface area contributed by atoms with E-state index in [4.69, 9.17) is 4.74 Å². The average Bonchev–Trinajstić information content (AvgIpc) is 3.23. The van der Waals surface area contributed by atoms with Gasteiger partial charge in [-0.15, -0.1) is 4.33 Å². The Morgan fingerprint density at radius 3 is 2.25 bits per heavy atom. The molecule has 7 unspecified atom stereocenters. The van der Waals surface area contributed by atoms with Gasteiger partial charge in [-0.1, -0.05) is 13.8 Å². The Hall–Kier alpha value is -1.32. The first-order valence-corrected chi connectivity index (χ1v) is 10.5. The van der Waals surface area contributed by atoms with Crippen LogP contribution >= 0.6 is 12.2 Å². The van der Waals surface area contributed by atoms with Gasteiger partial charge in [0.1, 0.15) is 11.6 Å². The number of ether oxygens (including phenoxy) is 1. The molecule has 1 heterocycles. The van der Waals surface area contributed by atoms with Crippen molar-refractivity contribution in [1.29, 1.82) is 0 Å². The van der Waals surface area contributed by atoms with Crippen molar-refractivity contribution in [3.8, 4) is 0 Å². The molecule has 1 aliphatic heterocycles. The third-order valence-electron chi connectivity index (χ3n) is 6.44. The molecule has 2 saturated carbocycles. The molecule has 9 heteroatoms. The predicted molar refractivity (Wildman–Crippen MR) is 102 cm³/mol. The molecule has 0 radical (unpaired) electrons. The summed E-state index contributed by atoms with van der Waals surface area (Å²) in [7, 11) is 1.33. The fraction of sp³-hybridized carbons (Fsp3) is 0.842. The first-order chi connectivity index (χ1) is 13.1. The van der Waals surface area contributed by atoms with Crippen LogP contribution in [0.1, 0.15) is 41.0 Å². The fourth-order valence-electron chi connectivity index (χ4n) is 4.99. The molecule has 3 fully saturated rings. The largest absolute Gasteiger partial charge is 0.460 e. The Bertz CT molecular complexity index is 651. The quantitative estimate of drug-likeness (QED) is 0.135. The zero-order valence-corrected chi connectivity index (χ0v) is 18.1. The molecule has 28 heavy (non-hydrogen) atoms. The molecular weight excluding hydrogens is 384 g/mol. The Balaban J connectivity index is 1.71. The second kappa shape index (κ2) is 7.84. The Morgan fingerprint density at radius 2 is 1.68 bits per heavy atom. The van der Waals surface area contributed by atoms with Gasteiger partial charge < -0.3 is 9.64 Å². The molecule has 0 aromatic carbocycles. The van der Waals surface area contributed by atoms with Crippen LogP contribution in [0.2, 0.25) is 0 Å². The van der Waals surface area contributed by atoms with E-state index < -0.39 is 23.5 Å². The van der Waals surface area contributed by atoms with Gasteiger partial charge in [-0.3, -0.25) is 19.1 Å². The minimum absolute atomic E-state index is 0.111. The van der Waals surface area contributed by atoms with Crippen LogP contribution in [0.25, 0.3) is 0 Å². The molecule has 0 spiro atoms. The average molecular weight is 415 g/mol. The molecule has 2 bridgehead atoms. The number of hydrogen-bond acceptors (Lipinski definition) is 7. The van der Waals surface area contributed by atoms with Crippen molar-refractivity contribution in [2.45, 2.75) is 52.7 Å². The van der Waals surface area contributed by atoms with E-state index in [0.717, 1.165) is 6.42 Å². The van der Waals surface area contributed by atoms with E-state index in [1.165, 1.54) is 7.11 Å². The molecule has 3 aliphatic rings. The molecule has 8 nitrogen and oxygen atoms in total. The molecule has 2 aliphatic carbocycles. The number of amides is 2. The molecule has 3 rings (SSSR count). The first kappa shape index (κ1) is 21.4. The number of esters is 1. The topological polar surface area (TPSA) is 93.9 Å². The monoisotopic (exact) mass is 414 g/mol. The van der Waals surface area contributed by atoms with Crippen LogP contribution in [0, 0.1) is 35.5 Å². The number of hydrogen-bond donors (Lipinski definition) is 1. The van der Waals surface area contributed by atoms with Gasteiger partial charge in [-0.05, 0) is 50.9 Å². The third-order valence-corrected chi connectivity index (χ3v) is 6.93. The highest BCUT2D eigenvalue weighted by molar-refractivity contribution is 7.93. The number of carbonyl (C=O) groups excluding carboxylic acids is 3. The van der Waals surface area contributed by atoms with Gasteiger partial charge in [0.15, 0.2) is 12.2 Å². The zero-order valence-electron chi connectivity index (χ0n) is 17.3. The maximum Gasteiger partial charge on any atom is 0.310 e. The number of nitrogens with one attached hydrogen (secondary N) is 1. The van der Waals surface area contributed by atoms with E-state index in [2.05, 4.69) is 27.8 Å². The normalized spacial score (nSPS) is 36.4. The Labute approximate surface area is 170 Å². The van der Waals surface area contributed by atoms with Gasteiger partial charge >= 0.3 is 5.97 Å². The molecule has 0 aromatic rings.